The molecule has 2 atom stereocenters. The van der Waals surface area contributed by atoms with Gasteiger partial charge >= 0.3 is 0 Å². The fraction of sp³-hybridized carbons (Fsp3) is 1.00. The van der Waals surface area contributed by atoms with Crippen LogP contribution >= 0.6 is 11.8 Å². The van der Waals surface area contributed by atoms with Crippen LogP contribution in [0.1, 0.15) is 33.6 Å². The lowest BCUT2D eigenvalue weighted by Crippen LogP contribution is -2.40. The van der Waals surface area contributed by atoms with Crippen LogP contribution in [0.3, 0.4) is 0 Å². The third-order valence-corrected chi connectivity index (χ3v) is 3.44. The van der Waals surface area contributed by atoms with Crippen molar-refractivity contribution in [3.63, 3.8) is 0 Å². The first-order valence-electron chi connectivity index (χ1n) is 4.73. The molecular formula is C9H19NOS. The quantitative estimate of drug-likeness (QED) is 0.688. The molecule has 1 fully saturated rings. The summed E-state index contributed by atoms with van der Waals surface area (Å²) in [6.07, 6.45) is 2.85. The van der Waals surface area contributed by atoms with Crippen molar-refractivity contribution in [3.05, 3.63) is 0 Å². The average molecular weight is 189 g/mol. The molecule has 0 aromatic heterocycles. The van der Waals surface area contributed by atoms with Crippen molar-refractivity contribution in [2.45, 2.75) is 51.0 Å². The lowest BCUT2D eigenvalue weighted by molar-refractivity contribution is -0.0276. The largest absolute Gasteiger partial charge is 0.299 e. The van der Waals surface area contributed by atoms with Crippen molar-refractivity contribution in [3.8, 4) is 0 Å². The molecule has 0 radical (unpaired) electrons. The predicted molar refractivity (Wildman–Crippen MR) is 54.3 cm³/mol. The molecule has 1 aliphatic heterocycles. The molecule has 0 amide bonds. The lowest BCUT2D eigenvalue weighted by atomic mass is 10.1. The number of hydrogen-bond acceptors (Lipinski definition) is 3. The van der Waals surface area contributed by atoms with Gasteiger partial charge in [0.1, 0.15) is 0 Å². The van der Waals surface area contributed by atoms with Gasteiger partial charge in [-0.25, -0.2) is 0 Å². The standard InChI is InChI=1S/C9H19NOS/c1-7(2)11-10-9-5-4-6-12-8(9)3/h7-10H,4-6H2,1-3H3. The molecule has 12 heavy (non-hydrogen) atoms. The van der Waals surface area contributed by atoms with Crippen LogP contribution in [0, 0.1) is 0 Å². The summed E-state index contributed by atoms with van der Waals surface area (Å²) < 4.78 is 0. The zero-order valence-corrected chi connectivity index (χ0v) is 8.99. The first-order chi connectivity index (χ1) is 5.70. The zero-order chi connectivity index (χ0) is 8.97. The number of thioether (sulfide) groups is 1. The van der Waals surface area contributed by atoms with Gasteiger partial charge in [-0.15, -0.1) is 0 Å². The Balaban J connectivity index is 2.20. The minimum absolute atomic E-state index is 0.282. The maximum Gasteiger partial charge on any atom is 0.0734 e. The van der Waals surface area contributed by atoms with Crippen LogP contribution in [0.15, 0.2) is 0 Å². The van der Waals surface area contributed by atoms with Gasteiger partial charge in [0.15, 0.2) is 0 Å². The summed E-state index contributed by atoms with van der Waals surface area (Å²) in [6.45, 7) is 6.37. The SMILES string of the molecule is CC(C)ONC1CCCSC1C. The van der Waals surface area contributed by atoms with E-state index in [2.05, 4.69) is 12.4 Å². The smallest absolute Gasteiger partial charge is 0.0734 e. The molecule has 0 spiro atoms. The maximum atomic E-state index is 5.39. The molecule has 1 saturated heterocycles. The Kier molecular flexibility index (Phi) is 4.40. The molecule has 0 aromatic rings. The van der Waals surface area contributed by atoms with Gasteiger partial charge in [-0.05, 0) is 32.4 Å². The van der Waals surface area contributed by atoms with Gasteiger partial charge in [-0.1, -0.05) is 6.92 Å². The normalized spacial score (nSPS) is 31.0. The monoisotopic (exact) mass is 189 g/mol. The second-order valence-electron chi connectivity index (χ2n) is 3.61. The van der Waals surface area contributed by atoms with E-state index in [1.807, 2.05) is 25.6 Å². The highest BCUT2D eigenvalue weighted by Crippen LogP contribution is 2.24. The summed E-state index contributed by atoms with van der Waals surface area (Å²) in [4.78, 5) is 5.39. The first kappa shape index (κ1) is 10.4. The number of rotatable bonds is 3. The van der Waals surface area contributed by atoms with Gasteiger partial charge in [-0.3, -0.25) is 4.84 Å². The van der Waals surface area contributed by atoms with E-state index in [4.69, 9.17) is 4.84 Å². The number of hydrogen-bond donors (Lipinski definition) is 1. The van der Waals surface area contributed by atoms with Gasteiger partial charge in [0.2, 0.25) is 0 Å². The molecule has 0 saturated carbocycles. The fourth-order valence-electron chi connectivity index (χ4n) is 1.30. The van der Waals surface area contributed by atoms with Gasteiger partial charge in [0.25, 0.3) is 0 Å². The Morgan fingerprint density at radius 1 is 1.50 bits per heavy atom. The summed E-state index contributed by atoms with van der Waals surface area (Å²) in [5.41, 5.74) is 3.15. The molecular weight excluding hydrogens is 170 g/mol. The van der Waals surface area contributed by atoms with Crippen LogP contribution in [0.2, 0.25) is 0 Å². The molecule has 1 aliphatic rings. The molecule has 1 N–H and O–H groups in total. The third-order valence-electron chi connectivity index (χ3n) is 2.06. The Labute approximate surface area is 79.4 Å². The summed E-state index contributed by atoms with van der Waals surface area (Å²) in [7, 11) is 0. The predicted octanol–water partition coefficient (Wildman–Crippen LogP) is 2.20. The van der Waals surface area contributed by atoms with Gasteiger partial charge < -0.3 is 0 Å². The summed E-state index contributed by atoms with van der Waals surface area (Å²) >= 11 is 2.04. The van der Waals surface area contributed by atoms with Crippen molar-refractivity contribution in [1.82, 2.24) is 5.48 Å². The molecule has 1 rings (SSSR count). The summed E-state index contributed by atoms with van der Waals surface area (Å²) in [5.74, 6) is 1.31. The van der Waals surface area contributed by atoms with Gasteiger partial charge in [-0.2, -0.15) is 17.2 Å². The topological polar surface area (TPSA) is 21.3 Å². The first-order valence-corrected chi connectivity index (χ1v) is 5.78. The van der Waals surface area contributed by atoms with Crippen LogP contribution in [-0.4, -0.2) is 23.1 Å². The van der Waals surface area contributed by atoms with Crippen molar-refractivity contribution in [2.75, 3.05) is 5.75 Å². The molecule has 3 heteroatoms. The highest BCUT2D eigenvalue weighted by Gasteiger charge is 2.21. The van der Waals surface area contributed by atoms with Crippen LogP contribution in [0.4, 0.5) is 0 Å². The van der Waals surface area contributed by atoms with E-state index >= 15 is 0 Å². The van der Waals surface area contributed by atoms with E-state index < -0.39 is 0 Å². The molecule has 0 aliphatic carbocycles. The lowest BCUT2D eigenvalue weighted by Gasteiger charge is -2.29. The fourth-order valence-corrected chi connectivity index (χ4v) is 2.43. The molecule has 0 aromatic carbocycles. The van der Waals surface area contributed by atoms with E-state index in [-0.39, 0.29) is 6.10 Å². The van der Waals surface area contributed by atoms with E-state index in [9.17, 15) is 0 Å². The van der Waals surface area contributed by atoms with Crippen molar-refractivity contribution in [1.29, 1.82) is 0 Å². The zero-order valence-electron chi connectivity index (χ0n) is 8.17. The Morgan fingerprint density at radius 3 is 2.83 bits per heavy atom. The Morgan fingerprint density at radius 2 is 2.25 bits per heavy atom. The molecule has 1 heterocycles. The minimum Gasteiger partial charge on any atom is -0.299 e. The van der Waals surface area contributed by atoms with Crippen LogP contribution < -0.4 is 5.48 Å². The molecule has 2 nitrogen and oxygen atoms in total. The summed E-state index contributed by atoms with van der Waals surface area (Å²) in [6, 6.07) is 0.547. The number of nitrogens with one attached hydrogen (secondary N) is 1. The number of hydroxylamine groups is 1. The second-order valence-corrected chi connectivity index (χ2v) is 5.09. The summed E-state index contributed by atoms with van der Waals surface area (Å²) in [5, 5.41) is 0.692. The maximum absolute atomic E-state index is 5.39. The molecule has 72 valence electrons. The van der Waals surface area contributed by atoms with E-state index in [1.54, 1.807) is 0 Å². The van der Waals surface area contributed by atoms with E-state index in [0.717, 1.165) is 0 Å². The van der Waals surface area contributed by atoms with Crippen LogP contribution in [-0.2, 0) is 4.84 Å². The van der Waals surface area contributed by atoms with Gasteiger partial charge in [0.05, 0.1) is 6.10 Å². The van der Waals surface area contributed by atoms with Gasteiger partial charge in [0, 0.05) is 11.3 Å². The van der Waals surface area contributed by atoms with Crippen molar-refractivity contribution in [2.24, 2.45) is 0 Å². The third kappa shape index (κ3) is 3.33. The van der Waals surface area contributed by atoms with Crippen molar-refractivity contribution < 1.29 is 4.84 Å². The van der Waals surface area contributed by atoms with Crippen molar-refractivity contribution >= 4 is 11.8 Å². The van der Waals surface area contributed by atoms with E-state index in [1.165, 1.54) is 18.6 Å². The van der Waals surface area contributed by atoms with E-state index in [0.29, 0.717) is 11.3 Å². The van der Waals surface area contributed by atoms with Crippen LogP contribution in [0.5, 0.6) is 0 Å². The van der Waals surface area contributed by atoms with Crippen LogP contribution in [0.25, 0.3) is 0 Å². The molecule has 0 bridgehead atoms. The highest BCUT2D eigenvalue weighted by molar-refractivity contribution is 7.99. The molecule has 2 unspecified atom stereocenters. The highest BCUT2D eigenvalue weighted by atomic mass is 32.2. The Hall–Kier alpha value is 0.270. The average Bonchev–Trinajstić information content (AvgIpc) is 2.03. The Bertz CT molecular complexity index is 130. The minimum atomic E-state index is 0.282. The second kappa shape index (κ2) is 5.10.